The predicted octanol–water partition coefficient (Wildman–Crippen LogP) is 0.0994. The standard InChI is InChI=1S/C8H6N7S/c9-6-4-5(3-1-11-8(10)16-3)14-15-7(4)13-2-12-6/h1-2H,(H2,10,11)(H2,9,12,13). The molecule has 0 atom stereocenters. The summed E-state index contributed by atoms with van der Waals surface area (Å²) >= 11 is 1.32. The molecule has 2 aromatic heterocycles. The Hall–Kier alpha value is -2.22. The molecule has 16 heavy (non-hydrogen) atoms. The molecule has 0 bridgehead atoms. The summed E-state index contributed by atoms with van der Waals surface area (Å²) in [6.45, 7) is 0. The summed E-state index contributed by atoms with van der Waals surface area (Å²) in [5.74, 6) is 0.839. The van der Waals surface area contributed by atoms with Crippen molar-refractivity contribution in [3.63, 3.8) is 0 Å². The summed E-state index contributed by atoms with van der Waals surface area (Å²) in [6, 6.07) is 0. The fourth-order valence-corrected chi connectivity index (χ4v) is 2.09. The van der Waals surface area contributed by atoms with Crippen molar-refractivity contribution in [3.05, 3.63) is 23.0 Å². The van der Waals surface area contributed by atoms with E-state index in [2.05, 4.69) is 25.5 Å². The molecule has 0 fully saturated rings. The first-order valence-corrected chi connectivity index (χ1v) is 5.18. The summed E-state index contributed by atoms with van der Waals surface area (Å²) in [5.41, 5.74) is 16.5. The lowest BCUT2D eigenvalue weighted by Gasteiger charge is -2.00. The lowest BCUT2D eigenvalue weighted by atomic mass is 10.1. The van der Waals surface area contributed by atoms with Gasteiger partial charge in [0.25, 0.3) is 0 Å². The van der Waals surface area contributed by atoms with Crippen LogP contribution in [0.15, 0.2) is 17.6 Å². The first-order chi connectivity index (χ1) is 7.75. The van der Waals surface area contributed by atoms with Crippen LogP contribution in [0, 0.1) is 0 Å². The molecule has 0 aromatic carbocycles. The van der Waals surface area contributed by atoms with Crippen molar-refractivity contribution in [1.29, 1.82) is 0 Å². The van der Waals surface area contributed by atoms with Crippen molar-refractivity contribution in [2.45, 2.75) is 0 Å². The molecule has 0 spiro atoms. The zero-order valence-corrected chi connectivity index (χ0v) is 8.77. The van der Waals surface area contributed by atoms with Crippen LogP contribution in [0.2, 0.25) is 0 Å². The van der Waals surface area contributed by atoms with Gasteiger partial charge in [0, 0.05) is 6.20 Å². The summed E-state index contributed by atoms with van der Waals surface area (Å²) in [5, 5.41) is 4.50. The van der Waals surface area contributed by atoms with Gasteiger partial charge < -0.3 is 11.5 Å². The second-order valence-corrected chi connectivity index (χ2v) is 4.13. The first kappa shape index (κ1) is 9.04. The van der Waals surface area contributed by atoms with Crippen LogP contribution < -0.4 is 16.9 Å². The van der Waals surface area contributed by atoms with Crippen LogP contribution in [0.5, 0.6) is 0 Å². The number of thiazole rings is 1. The first-order valence-electron chi connectivity index (χ1n) is 4.37. The van der Waals surface area contributed by atoms with E-state index in [1.165, 1.54) is 17.7 Å². The molecular formula is C8H6N7S. The van der Waals surface area contributed by atoms with Gasteiger partial charge in [-0.1, -0.05) is 11.3 Å². The molecule has 79 valence electrons. The highest BCUT2D eigenvalue weighted by Gasteiger charge is 2.25. The van der Waals surface area contributed by atoms with Crippen LogP contribution in [0.25, 0.3) is 0 Å². The van der Waals surface area contributed by atoms with E-state index >= 15 is 0 Å². The van der Waals surface area contributed by atoms with Gasteiger partial charge in [-0.2, -0.15) is 0 Å². The van der Waals surface area contributed by atoms with Gasteiger partial charge >= 0.3 is 0 Å². The normalized spacial score (nSPS) is 13.1. The monoisotopic (exact) mass is 232 g/mol. The van der Waals surface area contributed by atoms with E-state index in [1.54, 1.807) is 6.20 Å². The number of hydrogen-bond donors (Lipinski definition) is 2. The molecule has 3 heterocycles. The molecule has 1 aliphatic rings. The van der Waals surface area contributed by atoms with E-state index < -0.39 is 0 Å². The molecule has 1 aliphatic heterocycles. The van der Waals surface area contributed by atoms with E-state index in [0.29, 0.717) is 28.0 Å². The third-order valence-electron chi connectivity index (χ3n) is 2.10. The number of anilines is 2. The maximum atomic E-state index is 5.77. The molecule has 3 rings (SSSR count). The highest BCUT2D eigenvalue weighted by Crippen LogP contribution is 2.29. The number of nitrogen functional groups attached to an aromatic ring is 2. The van der Waals surface area contributed by atoms with E-state index in [4.69, 9.17) is 11.5 Å². The largest absolute Gasteiger partial charge is 0.383 e. The molecule has 1 radical (unpaired) electrons. The van der Waals surface area contributed by atoms with Crippen molar-refractivity contribution in [1.82, 2.24) is 20.4 Å². The third kappa shape index (κ3) is 1.20. The summed E-state index contributed by atoms with van der Waals surface area (Å²) in [4.78, 5) is 12.7. The smallest absolute Gasteiger partial charge is 0.189 e. The van der Waals surface area contributed by atoms with Crippen molar-refractivity contribution in [2.75, 3.05) is 11.5 Å². The number of rotatable bonds is 1. The number of hydrogen-bond acceptors (Lipinski definition) is 7. The molecule has 0 saturated carbocycles. The fraction of sp³-hybridized carbons (Fsp3) is 0. The summed E-state index contributed by atoms with van der Waals surface area (Å²) in [6.07, 6.45) is 2.99. The SMILES string of the molecule is Nc1ncc(C2=N[N]c3ncnc(N)c32)s1. The van der Waals surface area contributed by atoms with E-state index in [0.717, 1.165) is 4.88 Å². The van der Waals surface area contributed by atoms with Gasteiger partial charge in [0.05, 0.1) is 10.4 Å². The Morgan fingerprint density at radius 2 is 2.00 bits per heavy atom. The van der Waals surface area contributed by atoms with E-state index in [1.807, 2.05) is 0 Å². The minimum absolute atomic E-state index is 0.358. The third-order valence-corrected chi connectivity index (χ3v) is 2.93. The van der Waals surface area contributed by atoms with Crippen LogP contribution >= 0.6 is 11.3 Å². The summed E-state index contributed by atoms with van der Waals surface area (Å²) in [7, 11) is 0. The fourth-order valence-electron chi connectivity index (χ4n) is 1.41. The van der Waals surface area contributed by atoms with Gasteiger partial charge in [-0.05, 0) is 0 Å². The lowest BCUT2D eigenvalue weighted by molar-refractivity contribution is 0.938. The van der Waals surface area contributed by atoms with E-state index in [-0.39, 0.29) is 0 Å². The van der Waals surface area contributed by atoms with Crippen LogP contribution in [0.4, 0.5) is 16.8 Å². The van der Waals surface area contributed by atoms with E-state index in [9.17, 15) is 0 Å². The Bertz CT molecular complexity index is 588. The molecule has 0 aliphatic carbocycles. The van der Waals surface area contributed by atoms with Gasteiger partial charge in [-0.25, -0.2) is 15.0 Å². The average molecular weight is 232 g/mol. The van der Waals surface area contributed by atoms with Gasteiger partial charge in [-0.15, -0.1) is 10.5 Å². The molecule has 4 N–H and O–H groups in total. The molecule has 0 unspecified atom stereocenters. The Labute approximate surface area is 94.2 Å². The minimum atomic E-state index is 0.358. The maximum absolute atomic E-state index is 5.77. The molecule has 7 nitrogen and oxygen atoms in total. The number of nitrogens with two attached hydrogens (primary N) is 2. The quantitative estimate of drug-likeness (QED) is 0.723. The minimum Gasteiger partial charge on any atom is -0.383 e. The van der Waals surface area contributed by atoms with Crippen LogP contribution in [-0.4, -0.2) is 20.7 Å². The van der Waals surface area contributed by atoms with Crippen LogP contribution in [0.1, 0.15) is 10.4 Å². The Kier molecular flexibility index (Phi) is 1.77. The second kappa shape index (κ2) is 3.14. The van der Waals surface area contributed by atoms with Gasteiger partial charge in [0.15, 0.2) is 10.9 Å². The highest BCUT2D eigenvalue weighted by atomic mass is 32.1. The van der Waals surface area contributed by atoms with Crippen molar-refractivity contribution in [2.24, 2.45) is 5.10 Å². The molecule has 8 heteroatoms. The van der Waals surface area contributed by atoms with Gasteiger partial charge in [-0.3, -0.25) is 0 Å². The number of aromatic nitrogens is 3. The average Bonchev–Trinajstić information content (AvgIpc) is 2.84. The number of fused-ring (bicyclic) bond motifs is 1. The highest BCUT2D eigenvalue weighted by molar-refractivity contribution is 7.17. The van der Waals surface area contributed by atoms with Crippen molar-refractivity contribution in [3.8, 4) is 0 Å². The number of nitrogens with zero attached hydrogens (tertiary/aromatic N) is 5. The van der Waals surface area contributed by atoms with Crippen molar-refractivity contribution >= 4 is 33.8 Å². The maximum Gasteiger partial charge on any atom is 0.189 e. The lowest BCUT2D eigenvalue weighted by Crippen LogP contribution is -2.04. The zero-order chi connectivity index (χ0) is 11.1. The predicted molar refractivity (Wildman–Crippen MR) is 60.4 cm³/mol. The second-order valence-electron chi connectivity index (χ2n) is 3.07. The molecule has 0 amide bonds. The van der Waals surface area contributed by atoms with Crippen LogP contribution in [-0.2, 0) is 0 Å². The Balaban J connectivity index is 2.15. The topological polar surface area (TPSA) is 117 Å². The Morgan fingerprint density at radius 3 is 2.75 bits per heavy atom. The van der Waals surface area contributed by atoms with Gasteiger partial charge in [0.1, 0.15) is 17.9 Å². The molecular weight excluding hydrogens is 226 g/mol. The summed E-state index contributed by atoms with van der Waals surface area (Å²) < 4.78 is 0. The van der Waals surface area contributed by atoms with Crippen LogP contribution in [0.3, 0.4) is 0 Å². The van der Waals surface area contributed by atoms with Crippen molar-refractivity contribution < 1.29 is 0 Å². The molecule has 0 saturated heterocycles. The van der Waals surface area contributed by atoms with Gasteiger partial charge in [0.2, 0.25) is 0 Å². The Morgan fingerprint density at radius 1 is 1.12 bits per heavy atom. The zero-order valence-electron chi connectivity index (χ0n) is 7.95. The molecule has 2 aromatic rings.